The summed E-state index contributed by atoms with van der Waals surface area (Å²) < 4.78 is 5.79. The molecule has 0 atom stereocenters. The number of carboxylic acid groups (broad SMARTS) is 1. The van der Waals surface area contributed by atoms with E-state index >= 15 is 0 Å². The molecule has 4 nitrogen and oxygen atoms in total. The van der Waals surface area contributed by atoms with Gasteiger partial charge in [-0.15, -0.1) is 0 Å². The standard InChI is InChI=1S/C17H15NO3/c1-11-7-15(17(19)20)8-12(2)16(11)21-10-14-6-4-3-5-13(14)9-18/h3-8H,10H2,1-2H3,(H,19,20). The maximum absolute atomic E-state index is 11.0. The zero-order valence-electron chi connectivity index (χ0n) is 11.9. The molecule has 0 fully saturated rings. The summed E-state index contributed by atoms with van der Waals surface area (Å²) in [5.74, 6) is -0.296. The van der Waals surface area contributed by atoms with Gasteiger partial charge in [-0.05, 0) is 43.2 Å². The maximum atomic E-state index is 11.0. The van der Waals surface area contributed by atoms with Gasteiger partial charge in [0, 0.05) is 5.56 Å². The minimum absolute atomic E-state index is 0.245. The van der Waals surface area contributed by atoms with Crippen molar-refractivity contribution < 1.29 is 14.6 Å². The zero-order valence-corrected chi connectivity index (χ0v) is 11.9. The molecule has 2 aromatic carbocycles. The van der Waals surface area contributed by atoms with Crippen LogP contribution in [0, 0.1) is 25.2 Å². The summed E-state index contributed by atoms with van der Waals surface area (Å²) in [6.45, 7) is 3.90. The van der Waals surface area contributed by atoms with Crippen molar-refractivity contribution in [3.05, 3.63) is 64.2 Å². The lowest BCUT2D eigenvalue weighted by Crippen LogP contribution is -2.03. The third-order valence-electron chi connectivity index (χ3n) is 3.22. The number of carboxylic acids is 1. The second-order valence-electron chi connectivity index (χ2n) is 4.80. The molecule has 21 heavy (non-hydrogen) atoms. The first-order valence-corrected chi connectivity index (χ1v) is 6.48. The number of ether oxygens (including phenoxy) is 1. The van der Waals surface area contributed by atoms with Crippen molar-refractivity contribution >= 4 is 5.97 Å². The molecule has 0 aliphatic rings. The Hall–Kier alpha value is -2.80. The molecule has 0 radical (unpaired) electrons. The fourth-order valence-corrected chi connectivity index (χ4v) is 2.21. The molecule has 0 spiro atoms. The molecule has 2 rings (SSSR count). The fourth-order valence-electron chi connectivity index (χ4n) is 2.21. The minimum Gasteiger partial charge on any atom is -0.488 e. The first kappa shape index (κ1) is 14.6. The number of nitriles is 1. The Bertz CT molecular complexity index is 706. The summed E-state index contributed by atoms with van der Waals surface area (Å²) in [6.07, 6.45) is 0. The monoisotopic (exact) mass is 281 g/mol. The molecule has 0 saturated carbocycles. The van der Waals surface area contributed by atoms with Gasteiger partial charge >= 0.3 is 5.97 Å². The molecule has 0 amide bonds. The predicted molar refractivity (Wildman–Crippen MR) is 78.4 cm³/mol. The zero-order chi connectivity index (χ0) is 15.4. The molecule has 0 unspecified atom stereocenters. The van der Waals surface area contributed by atoms with Crippen molar-refractivity contribution in [2.45, 2.75) is 20.5 Å². The summed E-state index contributed by atoms with van der Waals surface area (Å²) in [6, 6.07) is 12.5. The molecule has 0 saturated heterocycles. The van der Waals surface area contributed by atoms with E-state index in [1.165, 1.54) is 0 Å². The van der Waals surface area contributed by atoms with Gasteiger partial charge in [0.05, 0.1) is 17.2 Å². The third-order valence-corrected chi connectivity index (χ3v) is 3.22. The van der Waals surface area contributed by atoms with Crippen LogP contribution in [0.5, 0.6) is 5.75 Å². The van der Waals surface area contributed by atoms with Crippen LogP contribution in [0.2, 0.25) is 0 Å². The lowest BCUT2D eigenvalue weighted by molar-refractivity contribution is 0.0696. The van der Waals surface area contributed by atoms with E-state index in [0.717, 1.165) is 16.7 Å². The summed E-state index contributed by atoms with van der Waals surface area (Å²) in [5, 5.41) is 18.1. The number of carbonyl (C=O) groups is 1. The summed E-state index contributed by atoms with van der Waals surface area (Å²) in [4.78, 5) is 11.0. The van der Waals surface area contributed by atoms with E-state index in [-0.39, 0.29) is 12.2 Å². The Labute approximate surface area is 123 Å². The molecule has 0 aliphatic heterocycles. The average molecular weight is 281 g/mol. The average Bonchev–Trinajstić information content (AvgIpc) is 2.46. The number of rotatable bonds is 4. The van der Waals surface area contributed by atoms with E-state index in [0.29, 0.717) is 11.3 Å². The van der Waals surface area contributed by atoms with Crippen molar-refractivity contribution in [1.82, 2.24) is 0 Å². The number of hydrogen-bond donors (Lipinski definition) is 1. The molecule has 106 valence electrons. The van der Waals surface area contributed by atoms with Crippen LogP contribution >= 0.6 is 0 Å². The van der Waals surface area contributed by atoms with Crippen LogP contribution in [0.1, 0.15) is 32.6 Å². The highest BCUT2D eigenvalue weighted by Crippen LogP contribution is 2.26. The topological polar surface area (TPSA) is 70.3 Å². The highest BCUT2D eigenvalue weighted by Gasteiger charge is 2.11. The summed E-state index contributed by atoms with van der Waals surface area (Å²) in [5.41, 5.74) is 3.16. The van der Waals surface area contributed by atoms with E-state index < -0.39 is 5.97 Å². The minimum atomic E-state index is -0.956. The Morgan fingerprint density at radius 2 is 1.86 bits per heavy atom. The van der Waals surface area contributed by atoms with Crippen molar-refractivity contribution in [1.29, 1.82) is 5.26 Å². The molecule has 4 heteroatoms. The van der Waals surface area contributed by atoms with E-state index in [4.69, 9.17) is 15.1 Å². The van der Waals surface area contributed by atoms with Crippen molar-refractivity contribution in [2.24, 2.45) is 0 Å². The number of benzene rings is 2. The lowest BCUT2D eigenvalue weighted by atomic mass is 10.1. The van der Waals surface area contributed by atoms with Gasteiger partial charge in [-0.1, -0.05) is 18.2 Å². The van der Waals surface area contributed by atoms with E-state index in [9.17, 15) is 4.79 Å². The highest BCUT2D eigenvalue weighted by molar-refractivity contribution is 5.88. The smallest absolute Gasteiger partial charge is 0.335 e. The normalized spacial score (nSPS) is 9.95. The first-order chi connectivity index (χ1) is 10.0. The predicted octanol–water partition coefficient (Wildman–Crippen LogP) is 3.45. The Balaban J connectivity index is 2.25. The first-order valence-electron chi connectivity index (χ1n) is 6.48. The largest absolute Gasteiger partial charge is 0.488 e. The second kappa shape index (κ2) is 6.10. The van der Waals surface area contributed by atoms with Gasteiger partial charge in [0.1, 0.15) is 12.4 Å². The second-order valence-corrected chi connectivity index (χ2v) is 4.80. The summed E-state index contributed by atoms with van der Waals surface area (Å²) in [7, 11) is 0. The third kappa shape index (κ3) is 3.21. The number of hydrogen-bond acceptors (Lipinski definition) is 3. The van der Waals surface area contributed by atoms with Crippen LogP contribution in [0.3, 0.4) is 0 Å². The van der Waals surface area contributed by atoms with Crippen LogP contribution in [0.4, 0.5) is 0 Å². The van der Waals surface area contributed by atoms with Gasteiger partial charge in [0.15, 0.2) is 0 Å². The molecule has 0 bridgehead atoms. The lowest BCUT2D eigenvalue weighted by Gasteiger charge is -2.13. The number of aryl methyl sites for hydroxylation is 2. The van der Waals surface area contributed by atoms with E-state index in [2.05, 4.69) is 6.07 Å². The SMILES string of the molecule is Cc1cc(C(=O)O)cc(C)c1OCc1ccccc1C#N. The quantitative estimate of drug-likeness (QED) is 0.931. The molecule has 1 N–H and O–H groups in total. The maximum Gasteiger partial charge on any atom is 0.335 e. The molecular formula is C17H15NO3. The van der Waals surface area contributed by atoms with Crippen LogP contribution in [0.15, 0.2) is 36.4 Å². The fraction of sp³-hybridized carbons (Fsp3) is 0.176. The Morgan fingerprint density at radius 3 is 2.43 bits per heavy atom. The van der Waals surface area contributed by atoms with Crippen LogP contribution < -0.4 is 4.74 Å². The molecule has 2 aromatic rings. The highest BCUT2D eigenvalue weighted by atomic mass is 16.5. The van der Waals surface area contributed by atoms with Gasteiger partial charge in [-0.3, -0.25) is 0 Å². The molecule has 0 aliphatic carbocycles. The van der Waals surface area contributed by atoms with Gasteiger partial charge in [0.25, 0.3) is 0 Å². The van der Waals surface area contributed by atoms with Crippen LogP contribution in [-0.2, 0) is 6.61 Å². The Kier molecular flexibility index (Phi) is 4.24. The van der Waals surface area contributed by atoms with Crippen LogP contribution in [0.25, 0.3) is 0 Å². The molecular weight excluding hydrogens is 266 g/mol. The van der Waals surface area contributed by atoms with Gasteiger partial charge in [0.2, 0.25) is 0 Å². The van der Waals surface area contributed by atoms with Crippen LogP contribution in [-0.4, -0.2) is 11.1 Å². The van der Waals surface area contributed by atoms with E-state index in [1.807, 2.05) is 26.0 Å². The van der Waals surface area contributed by atoms with Crippen molar-refractivity contribution in [3.8, 4) is 11.8 Å². The number of aromatic carboxylic acids is 1. The van der Waals surface area contributed by atoms with Gasteiger partial charge < -0.3 is 9.84 Å². The van der Waals surface area contributed by atoms with Crippen molar-refractivity contribution in [3.63, 3.8) is 0 Å². The van der Waals surface area contributed by atoms with Gasteiger partial charge in [-0.25, -0.2) is 4.79 Å². The number of nitrogens with zero attached hydrogens (tertiary/aromatic N) is 1. The van der Waals surface area contributed by atoms with Crippen molar-refractivity contribution in [2.75, 3.05) is 0 Å². The van der Waals surface area contributed by atoms with Gasteiger partial charge in [-0.2, -0.15) is 5.26 Å². The molecule has 0 heterocycles. The van der Waals surface area contributed by atoms with E-state index in [1.54, 1.807) is 24.3 Å². The molecule has 0 aromatic heterocycles. The Morgan fingerprint density at radius 1 is 1.24 bits per heavy atom. The summed E-state index contributed by atoms with van der Waals surface area (Å²) >= 11 is 0.